The van der Waals surface area contributed by atoms with E-state index in [9.17, 15) is 4.79 Å². The molecular formula is C19H25NO2. The van der Waals surface area contributed by atoms with Crippen LogP contribution < -0.4 is 0 Å². The predicted molar refractivity (Wildman–Crippen MR) is 88.4 cm³/mol. The van der Waals surface area contributed by atoms with Gasteiger partial charge in [0.25, 0.3) is 0 Å². The number of carbonyl (C=O) groups excluding carboxylic acids is 1. The first-order chi connectivity index (χ1) is 10.6. The molecule has 1 fully saturated rings. The van der Waals surface area contributed by atoms with Gasteiger partial charge >= 0.3 is 0 Å². The van der Waals surface area contributed by atoms with Gasteiger partial charge < -0.3 is 9.64 Å². The highest BCUT2D eigenvalue weighted by molar-refractivity contribution is 6.22. The largest absolute Gasteiger partial charge is 0.381 e. The normalized spacial score (nSPS) is 23.5. The van der Waals surface area contributed by atoms with Crippen molar-refractivity contribution in [3.05, 3.63) is 41.6 Å². The van der Waals surface area contributed by atoms with Crippen LogP contribution in [-0.4, -0.2) is 37.0 Å². The summed E-state index contributed by atoms with van der Waals surface area (Å²) in [6.07, 6.45) is 4.35. The number of ketones is 1. The van der Waals surface area contributed by atoms with Crippen molar-refractivity contribution in [1.29, 1.82) is 0 Å². The van der Waals surface area contributed by atoms with Gasteiger partial charge in [0, 0.05) is 44.0 Å². The molecule has 0 aliphatic carbocycles. The zero-order chi connectivity index (χ0) is 15.5. The Bertz CT molecular complexity index is 555. The first-order valence-electron chi connectivity index (χ1n) is 8.28. The maximum atomic E-state index is 12.5. The average Bonchev–Trinajstić information content (AvgIpc) is 2.53. The number of aryl methyl sites for hydroxylation is 1. The summed E-state index contributed by atoms with van der Waals surface area (Å²) in [6.45, 7) is 7.74. The summed E-state index contributed by atoms with van der Waals surface area (Å²) in [6, 6.07) is 8.27. The molecule has 2 aliphatic rings. The Hall–Kier alpha value is -1.61. The molecule has 1 saturated heterocycles. The molecule has 2 heterocycles. The number of nitrogens with zero attached hydrogens (tertiary/aromatic N) is 1. The Morgan fingerprint density at radius 1 is 1.18 bits per heavy atom. The number of Topliss-reactive ketones (excluding diaryl/α,β-unsaturated/α-hetero) is 1. The third-order valence-corrected chi connectivity index (χ3v) is 4.73. The first kappa shape index (κ1) is 15.3. The highest BCUT2D eigenvalue weighted by Gasteiger charge is 2.28. The van der Waals surface area contributed by atoms with Gasteiger partial charge in [-0.3, -0.25) is 4.79 Å². The average molecular weight is 299 g/mol. The minimum atomic E-state index is 0.0705. The standard InChI is InChI=1S/C19H25NO2/c1-14-3-5-17(6-4-14)18-13-20(11-15(2)19(18)21)12-16-7-9-22-10-8-16/h3-6,13,15-16H,7-12H2,1-2H3/t15-/m1/s1. The summed E-state index contributed by atoms with van der Waals surface area (Å²) in [7, 11) is 0. The Labute approximate surface area is 133 Å². The van der Waals surface area contributed by atoms with Crippen molar-refractivity contribution in [1.82, 2.24) is 4.90 Å². The number of carbonyl (C=O) groups is 1. The van der Waals surface area contributed by atoms with Gasteiger partial charge in [-0.2, -0.15) is 0 Å². The minimum absolute atomic E-state index is 0.0705. The Kier molecular flexibility index (Phi) is 4.63. The molecule has 3 heteroatoms. The van der Waals surface area contributed by atoms with E-state index in [-0.39, 0.29) is 11.7 Å². The molecule has 0 aromatic heterocycles. The molecule has 0 unspecified atom stereocenters. The molecule has 3 rings (SSSR count). The third kappa shape index (κ3) is 3.41. The smallest absolute Gasteiger partial charge is 0.169 e. The third-order valence-electron chi connectivity index (χ3n) is 4.73. The van der Waals surface area contributed by atoms with Gasteiger partial charge in [-0.05, 0) is 31.2 Å². The second kappa shape index (κ2) is 6.66. The summed E-state index contributed by atoms with van der Waals surface area (Å²) in [5.74, 6) is 1.03. The fourth-order valence-electron chi connectivity index (χ4n) is 3.34. The number of benzene rings is 1. The molecule has 0 radical (unpaired) electrons. The van der Waals surface area contributed by atoms with Crippen molar-refractivity contribution in [3.8, 4) is 0 Å². The van der Waals surface area contributed by atoms with E-state index in [4.69, 9.17) is 4.74 Å². The van der Waals surface area contributed by atoms with Crippen LogP contribution in [0.3, 0.4) is 0 Å². The van der Waals surface area contributed by atoms with Crippen LogP contribution in [0.25, 0.3) is 5.57 Å². The highest BCUT2D eigenvalue weighted by Crippen LogP contribution is 2.27. The fraction of sp³-hybridized carbons (Fsp3) is 0.526. The Morgan fingerprint density at radius 2 is 1.86 bits per heavy atom. The van der Waals surface area contributed by atoms with Gasteiger partial charge in [-0.15, -0.1) is 0 Å². The van der Waals surface area contributed by atoms with Crippen LogP contribution >= 0.6 is 0 Å². The van der Waals surface area contributed by atoms with E-state index >= 15 is 0 Å². The van der Waals surface area contributed by atoms with Crippen molar-refractivity contribution in [2.45, 2.75) is 26.7 Å². The van der Waals surface area contributed by atoms with Gasteiger partial charge in [0.15, 0.2) is 5.78 Å². The van der Waals surface area contributed by atoms with Crippen LogP contribution in [0.5, 0.6) is 0 Å². The summed E-state index contributed by atoms with van der Waals surface area (Å²) in [5.41, 5.74) is 3.13. The van der Waals surface area contributed by atoms with Gasteiger partial charge in [0.1, 0.15) is 0 Å². The molecule has 0 saturated carbocycles. The molecule has 1 atom stereocenters. The second-order valence-corrected chi connectivity index (χ2v) is 6.68. The number of hydrogen-bond donors (Lipinski definition) is 0. The monoisotopic (exact) mass is 299 g/mol. The van der Waals surface area contributed by atoms with Crippen LogP contribution in [0, 0.1) is 18.8 Å². The summed E-state index contributed by atoms with van der Waals surface area (Å²) < 4.78 is 5.44. The number of ether oxygens (including phenoxy) is 1. The van der Waals surface area contributed by atoms with E-state index < -0.39 is 0 Å². The van der Waals surface area contributed by atoms with Crippen molar-refractivity contribution in [2.75, 3.05) is 26.3 Å². The fourth-order valence-corrected chi connectivity index (χ4v) is 3.34. The SMILES string of the molecule is Cc1ccc(C2=CN(CC3CCOCC3)C[C@@H](C)C2=O)cc1. The van der Waals surface area contributed by atoms with Gasteiger partial charge in [-0.1, -0.05) is 36.8 Å². The Morgan fingerprint density at radius 3 is 2.55 bits per heavy atom. The lowest BCUT2D eigenvalue weighted by Gasteiger charge is -2.34. The Balaban J connectivity index is 1.79. The molecule has 1 aromatic carbocycles. The molecule has 118 valence electrons. The van der Waals surface area contributed by atoms with E-state index in [0.29, 0.717) is 5.92 Å². The minimum Gasteiger partial charge on any atom is -0.381 e. The summed E-state index contributed by atoms with van der Waals surface area (Å²) >= 11 is 0. The predicted octanol–water partition coefficient (Wildman–Crippen LogP) is 3.28. The maximum Gasteiger partial charge on any atom is 0.169 e. The van der Waals surface area contributed by atoms with Crippen LogP contribution in [0.15, 0.2) is 30.5 Å². The second-order valence-electron chi connectivity index (χ2n) is 6.68. The summed E-state index contributed by atoms with van der Waals surface area (Å²) in [4.78, 5) is 14.9. The van der Waals surface area contributed by atoms with Crippen molar-refractivity contribution in [3.63, 3.8) is 0 Å². The van der Waals surface area contributed by atoms with Gasteiger partial charge in [0.2, 0.25) is 0 Å². The van der Waals surface area contributed by atoms with E-state index in [1.54, 1.807) is 0 Å². The van der Waals surface area contributed by atoms with Gasteiger partial charge in [-0.25, -0.2) is 0 Å². The van der Waals surface area contributed by atoms with Crippen LogP contribution in [0.2, 0.25) is 0 Å². The summed E-state index contributed by atoms with van der Waals surface area (Å²) in [5, 5.41) is 0. The topological polar surface area (TPSA) is 29.5 Å². The van der Waals surface area contributed by atoms with E-state index in [2.05, 4.69) is 42.3 Å². The zero-order valence-corrected chi connectivity index (χ0v) is 13.5. The van der Waals surface area contributed by atoms with Crippen molar-refractivity contribution >= 4 is 11.4 Å². The first-order valence-corrected chi connectivity index (χ1v) is 8.28. The van der Waals surface area contributed by atoms with E-state index in [1.807, 2.05) is 6.92 Å². The van der Waals surface area contributed by atoms with E-state index in [0.717, 1.165) is 50.3 Å². The molecule has 0 N–H and O–H groups in total. The lowest BCUT2D eigenvalue weighted by molar-refractivity contribution is -0.117. The molecule has 0 amide bonds. The van der Waals surface area contributed by atoms with Crippen molar-refractivity contribution < 1.29 is 9.53 Å². The van der Waals surface area contributed by atoms with E-state index in [1.165, 1.54) is 5.56 Å². The molecule has 22 heavy (non-hydrogen) atoms. The lowest BCUT2D eigenvalue weighted by Crippen LogP contribution is -2.38. The van der Waals surface area contributed by atoms with Crippen molar-refractivity contribution in [2.24, 2.45) is 11.8 Å². The quantitative estimate of drug-likeness (QED) is 0.858. The molecule has 1 aromatic rings. The zero-order valence-electron chi connectivity index (χ0n) is 13.5. The molecule has 0 spiro atoms. The maximum absolute atomic E-state index is 12.5. The van der Waals surface area contributed by atoms with Crippen LogP contribution in [0.1, 0.15) is 30.9 Å². The van der Waals surface area contributed by atoms with Gasteiger partial charge in [0.05, 0.1) is 0 Å². The lowest BCUT2D eigenvalue weighted by atomic mass is 9.89. The molecule has 3 nitrogen and oxygen atoms in total. The number of rotatable bonds is 3. The molecular weight excluding hydrogens is 274 g/mol. The molecule has 2 aliphatic heterocycles. The molecule has 0 bridgehead atoms. The number of hydrogen-bond acceptors (Lipinski definition) is 3. The highest BCUT2D eigenvalue weighted by atomic mass is 16.5. The van der Waals surface area contributed by atoms with Crippen LogP contribution in [0.4, 0.5) is 0 Å². The number of allylic oxidation sites excluding steroid dienone is 1. The van der Waals surface area contributed by atoms with Crippen LogP contribution in [-0.2, 0) is 9.53 Å².